The Morgan fingerprint density at radius 2 is 2.15 bits per heavy atom. The van der Waals surface area contributed by atoms with Crippen LogP contribution in [-0.2, 0) is 4.79 Å². The lowest BCUT2D eigenvalue weighted by Gasteiger charge is -2.35. The molecule has 1 amide bonds. The topological polar surface area (TPSA) is 64.6 Å². The number of hydrogen-bond donors (Lipinski definition) is 3. The maximum absolute atomic E-state index is 12.3. The van der Waals surface area contributed by atoms with Gasteiger partial charge in [0.25, 0.3) is 0 Å². The number of nitrogens with one attached hydrogen (secondary N) is 2. The van der Waals surface area contributed by atoms with Gasteiger partial charge in [-0.1, -0.05) is 6.92 Å². The van der Waals surface area contributed by atoms with Gasteiger partial charge in [0.2, 0.25) is 5.91 Å². The van der Waals surface area contributed by atoms with Crippen LogP contribution >= 0.6 is 0 Å². The van der Waals surface area contributed by atoms with E-state index in [0.717, 1.165) is 51.7 Å². The molecule has 2 atom stereocenters. The van der Waals surface area contributed by atoms with E-state index in [4.69, 9.17) is 0 Å². The van der Waals surface area contributed by atoms with Crippen LogP contribution in [0.3, 0.4) is 0 Å². The summed E-state index contributed by atoms with van der Waals surface area (Å²) in [5, 5.41) is 15.9. The minimum absolute atomic E-state index is 0.0527. The van der Waals surface area contributed by atoms with Gasteiger partial charge in [0, 0.05) is 12.6 Å². The zero-order valence-electron chi connectivity index (χ0n) is 12.6. The van der Waals surface area contributed by atoms with E-state index in [9.17, 15) is 9.90 Å². The third-order valence-electron chi connectivity index (χ3n) is 4.62. The lowest BCUT2D eigenvalue weighted by Crippen LogP contribution is -2.51. The van der Waals surface area contributed by atoms with E-state index in [2.05, 4.69) is 15.5 Å². The number of hydrogen-bond acceptors (Lipinski definition) is 4. The number of aliphatic hydroxyl groups excluding tert-OH is 1. The number of carbonyl (C=O) groups is 1. The molecule has 20 heavy (non-hydrogen) atoms. The lowest BCUT2D eigenvalue weighted by atomic mass is 10.0. The Balaban J connectivity index is 1.78. The molecule has 116 valence electrons. The Hall–Kier alpha value is -0.650. The highest BCUT2D eigenvalue weighted by Crippen LogP contribution is 2.24. The maximum Gasteiger partial charge on any atom is 0.237 e. The summed E-state index contributed by atoms with van der Waals surface area (Å²) in [4.78, 5) is 14.7. The Bertz CT molecular complexity index is 305. The highest BCUT2D eigenvalue weighted by molar-refractivity contribution is 5.82. The van der Waals surface area contributed by atoms with Gasteiger partial charge in [0.15, 0.2) is 0 Å². The van der Waals surface area contributed by atoms with E-state index >= 15 is 0 Å². The van der Waals surface area contributed by atoms with Crippen molar-refractivity contribution in [3.05, 3.63) is 0 Å². The minimum Gasteiger partial charge on any atom is -0.393 e. The van der Waals surface area contributed by atoms with Crippen LogP contribution in [0.4, 0.5) is 0 Å². The number of aliphatic hydroxyl groups is 1. The summed E-state index contributed by atoms with van der Waals surface area (Å²) in [6.07, 6.45) is 5.52. The van der Waals surface area contributed by atoms with Gasteiger partial charge in [0.05, 0.1) is 12.1 Å². The van der Waals surface area contributed by atoms with Crippen molar-refractivity contribution < 1.29 is 9.90 Å². The molecule has 0 bridgehead atoms. The molecule has 5 heteroatoms. The number of carbonyl (C=O) groups excluding carboxylic acids is 1. The second-order valence-corrected chi connectivity index (χ2v) is 6.02. The largest absolute Gasteiger partial charge is 0.393 e. The third-order valence-corrected chi connectivity index (χ3v) is 4.62. The summed E-state index contributed by atoms with van der Waals surface area (Å²) in [6, 6.07) is 0.618. The first-order chi connectivity index (χ1) is 9.72. The molecule has 0 saturated carbocycles. The molecule has 5 nitrogen and oxygen atoms in total. The quantitative estimate of drug-likeness (QED) is 0.663. The van der Waals surface area contributed by atoms with Gasteiger partial charge in [-0.2, -0.15) is 0 Å². The van der Waals surface area contributed by atoms with Gasteiger partial charge in [-0.15, -0.1) is 0 Å². The van der Waals surface area contributed by atoms with Gasteiger partial charge < -0.3 is 15.7 Å². The van der Waals surface area contributed by atoms with Crippen molar-refractivity contribution in [2.75, 3.05) is 26.2 Å². The number of nitrogens with zero attached hydrogens (tertiary/aromatic N) is 1. The Kier molecular flexibility index (Phi) is 6.26. The van der Waals surface area contributed by atoms with Crippen LogP contribution in [0.15, 0.2) is 0 Å². The highest BCUT2D eigenvalue weighted by Gasteiger charge is 2.35. The van der Waals surface area contributed by atoms with Crippen LogP contribution in [-0.4, -0.2) is 60.3 Å². The first-order valence-corrected chi connectivity index (χ1v) is 8.14. The molecule has 0 aromatic rings. The molecule has 2 fully saturated rings. The van der Waals surface area contributed by atoms with Gasteiger partial charge in [-0.05, 0) is 58.2 Å². The number of likely N-dealkylation sites (tertiary alicyclic amines) is 1. The van der Waals surface area contributed by atoms with Gasteiger partial charge >= 0.3 is 0 Å². The monoisotopic (exact) mass is 283 g/mol. The summed E-state index contributed by atoms with van der Waals surface area (Å²) >= 11 is 0. The smallest absolute Gasteiger partial charge is 0.237 e. The second-order valence-electron chi connectivity index (χ2n) is 6.02. The molecule has 2 saturated heterocycles. The Morgan fingerprint density at radius 3 is 2.85 bits per heavy atom. The molecular formula is C15H29N3O2. The molecule has 0 aromatic carbocycles. The normalized spacial score (nSPS) is 26.6. The number of piperidine rings is 1. The minimum atomic E-state index is -0.292. The van der Waals surface area contributed by atoms with Crippen LogP contribution in [0, 0.1) is 0 Å². The van der Waals surface area contributed by atoms with Gasteiger partial charge in [-0.3, -0.25) is 9.69 Å². The molecule has 0 spiro atoms. The van der Waals surface area contributed by atoms with Crippen molar-refractivity contribution in [1.29, 1.82) is 0 Å². The predicted molar refractivity (Wildman–Crippen MR) is 79.5 cm³/mol. The van der Waals surface area contributed by atoms with Crippen molar-refractivity contribution in [2.45, 2.75) is 63.6 Å². The van der Waals surface area contributed by atoms with Crippen molar-refractivity contribution in [3.63, 3.8) is 0 Å². The average Bonchev–Trinajstić information content (AvgIpc) is 2.97. The fraction of sp³-hybridized carbons (Fsp3) is 0.933. The van der Waals surface area contributed by atoms with Gasteiger partial charge in [0.1, 0.15) is 0 Å². The number of rotatable bonds is 6. The van der Waals surface area contributed by atoms with Crippen LogP contribution in [0.5, 0.6) is 0 Å². The van der Waals surface area contributed by atoms with E-state index in [1.807, 2.05) is 6.92 Å². The maximum atomic E-state index is 12.3. The summed E-state index contributed by atoms with van der Waals surface area (Å²) in [5.74, 6) is 0.157. The van der Waals surface area contributed by atoms with Crippen LogP contribution in [0.2, 0.25) is 0 Å². The molecule has 3 N–H and O–H groups in total. The summed E-state index contributed by atoms with van der Waals surface area (Å²) in [7, 11) is 0. The molecule has 2 aliphatic rings. The van der Waals surface area contributed by atoms with E-state index < -0.39 is 0 Å². The fourth-order valence-electron chi connectivity index (χ4n) is 3.33. The van der Waals surface area contributed by atoms with Crippen LogP contribution in [0.25, 0.3) is 0 Å². The summed E-state index contributed by atoms with van der Waals surface area (Å²) in [5.41, 5.74) is 0. The van der Waals surface area contributed by atoms with Crippen molar-refractivity contribution >= 4 is 5.91 Å². The van der Waals surface area contributed by atoms with E-state index in [1.165, 1.54) is 0 Å². The number of amides is 1. The third kappa shape index (κ3) is 4.17. The van der Waals surface area contributed by atoms with Crippen molar-refractivity contribution in [1.82, 2.24) is 15.5 Å². The van der Waals surface area contributed by atoms with Gasteiger partial charge in [-0.25, -0.2) is 0 Å². The zero-order chi connectivity index (χ0) is 14.4. The zero-order valence-corrected chi connectivity index (χ0v) is 12.6. The van der Waals surface area contributed by atoms with E-state index in [-0.39, 0.29) is 18.1 Å². The Morgan fingerprint density at radius 1 is 1.40 bits per heavy atom. The van der Waals surface area contributed by atoms with Crippen molar-refractivity contribution in [3.8, 4) is 0 Å². The summed E-state index contributed by atoms with van der Waals surface area (Å²) < 4.78 is 0. The molecule has 0 aromatic heterocycles. The molecule has 2 rings (SSSR count). The Labute approximate surface area is 122 Å². The predicted octanol–water partition coefficient (Wildman–Crippen LogP) is 0.480. The fourth-order valence-corrected chi connectivity index (χ4v) is 3.33. The first-order valence-electron chi connectivity index (χ1n) is 8.14. The standard InChI is InChI=1S/C15H29N3O2/c1-2-13(19)7-10-17-15(20)14-4-3-11-18(14)12-5-8-16-9-6-12/h12-14,16,19H,2-11H2,1H3,(H,17,20). The van der Waals surface area contributed by atoms with Crippen LogP contribution in [0.1, 0.15) is 45.4 Å². The molecule has 2 heterocycles. The SMILES string of the molecule is CCC(O)CCNC(=O)C1CCCN1C1CCNCC1. The lowest BCUT2D eigenvalue weighted by molar-refractivity contribution is -0.126. The molecule has 0 radical (unpaired) electrons. The van der Waals surface area contributed by atoms with Crippen LogP contribution < -0.4 is 10.6 Å². The molecular weight excluding hydrogens is 254 g/mol. The average molecular weight is 283 g/mol. The van der Waals surface area contributed by atoms with E-state index in [1.54, 1.807) is 0 Å². The van der Waals surface area contributed by atoms with Crippen molar-refractivity contribution in [2.24, 2.45) is 0 Å². The second kappa shape index (κ2) is 7.96. The molecule has 2 unspecified atom stereocenters. The first kappa shape index (κ1) is 15.7. The highest BCUT2D eigenvalue weighted by atomic mass is 16.3. The summed E-state index contributed by atoms with van der Waals surface area (Å²) in [6.45, 7) is 5.74. The molecule has 0 aliphatic carbocycles. The molecule has 2 aliphatic heterocycles. The van der Waals surface area contributed by atoms with E-state index in [0.29, 0.717) is 19.0 Å².